The molecule has 0 spiro atoms. The Morgan fingerprint density at radius 1 is 1.35 bits per heavy atom. The number of rotatable bonds is 8. The predicted molar refractivity (Wildman–Crippen MR) is 81.7 cm³/mol. The number of aliphatic hydroxyl groups excluding tert-OH is 1. The van der Waals surface area contributed by atoms with Gasteiger partial charge in [0.2, 0.25) is 0 Å². The zero-order valence-electron chi connectivity index (χ0n) is 13.0. The molecule has 5 nitrogen and oxygen atoms in total. The molecule has 1 aliphatic heterocycles. The summed E-state index contributed by atoms with van der Waals surface area (Å²) in [5.41, 5.74) is 0. The Kier molecular flexibility index (Phi) is 8.62. The van der Waals surface area contributed by atoms with Gasteiger partial charge in [0.25, 0.3) is 0 Å². The first-order chi connectivity index (χ1) is 9.65. The molecule has 0 bridgehead atoms. The molecule has 0 aliphatic carbocycles. The lowest BCUT2D eigenvalue weighted by Gasteiger charge is -2.31. The van der Waals surface area contributed by atoms with Gasteiger partial charge in [-0.05, 0) is 57.2 Å². The van der Waals surface area contributed by atoms with Gasteiger partial charge in [-0.15, -0.1) is 0 Å². The van der Waals surface area contributed by atoms with Crippen molar-refractivity contribution in [1.29, 1.82) is 0 Å². The Balaban J connectivity index is 2.07. The molecular weight excluding hydrogens is 254 g/mol. The minimum absolute atomic E-state index is 0.0780. The highest BCUT2D eigenvalue weighted by Gasteiger charge is 2.18. The molecule has 118 valence electrons. The first-order valence-electron chi connectivity index (χ1n) is 8.00. The normalized spacial score (nSPS) is 18.8. The maximum atomic E-state index is 11.7. The number of amides is 2. The molecule has 1 aliphatic rings. The molecule has 3 N–H and O–H groups in total. The second-order valence-corrected chi connectivity index (χ2v) is 5.99. The monoisotopic (exact) mass is 285 g/mol. The van der Waals surface area contributed by atoms with Crippen LogP contribution in [-0.4, -0.2) is 55.4 Å². The van der Waals surface area contributed by atoms with Crippen LogP contribution in [-0.2, 0) is 0 Å². The van der Waals surface area contributed by atoms with Gasteiger partial charge in [-0.1, -0.05) is 13.8 Å². The number of carbonyl (C=O) groups excluding carboxylic acids is 1. The van der Waals surface area contributed by atoms with Gasteiger partial charge in [-0.25, -0.2) is 4.79 Å². The third-order valence-electron chi connectivity index (χ3n) is 4.03. The summed E-state index contributed by atoms with van der Waals surface area (Å²) in [7, 11) is 0. The Bertz CT molecular complexity index is 266. The standard InChI is InChI=1S/C15H31N3O2/c1-3-7-18-8-4-14(5-9-18)12-17-15(20)16-11-13(2)6-10-19/h13-14,19H,3-12H2,1-2H3,(H2,16,17,20). The van der Waals surface area contributed by atoms with Gasteiger partial charge in [0.15, 0.2) is 0 Å². The summed E-state index contributed by atoms with van der Waals surface area (Å²) >= 11 is 0. The molecule has 1 rings (SSSR count). The summed E-state index contributed by atoms with van der Waals surface area (Å²) in [6, 6.07) is -0.0780. The predicted octanol–water partition coefficient (Wildman–Crippen LogP) is 1.43. The van der Waals surface area contributed by atoms with Gasteiger partial charge in [-0.2, -0.15) is 0 Å². The minimum atomic E-state index is -0.0780. The molecule has 1 saturated heterocycles. The van der Waals surface area contributed by atoms with E-state index in [4.69, 9.17) is 5.11 Å². The number of piperidine rings is 1. The van der Waals surface area contributed by atoms with Crippen LogP contribution >= 0.6 is 0 Å². The molecule has 1 fully saturated rings. The summed E-state index contributed by atoms with van der Waals surface area (Å²) in [6.07, 6.45) is 4.32. The van der Waals surface area contributed by atoms with Crippen LogP contribution in [0.3, 0.4) is 0 Å². The van der Waals surface area contributed by atoms with Gasteiger partial charge in [0.1, 0.15) is 0 Å². The fourth-order valence-electron chi connectivity index (χ4n) is 2.62. The van der Waals surface area contributed by atoms with E-state index in [0.29, 0.717) is 18.4 Å². The van der Waals surface area contributed by atoms with Gasteiger partial charge < -0.3 is 20.6 Å². The highest BCUT2D eigenvalue weighted by molar-refractivity contribution is 5.73. The fourth-order valence-corrected chi connectivity index (χ4v) is 2.62. The number of hydrogen-bond donors (Lipinski definition) is 3. The summed E-state index contributed by atoms with van der Waals surface area (Å²) in [5, 5.41) is 14.6. The van der Waals surface area contributed by atoms with Crippen LogP contribution in [0.5, 0.6) is 0 Å². The Labute approximate surface area is 123 Å². The SMILES string of the molecule is CCCN1CCC(CNC(=O)NCC(C)CCO)CC1. The van der Waals surface area contributed by atoms with E-state index in [1.165, 1.54) is 25.8 Å². The van der Waals surface area contributed by atoms with Crippen molar-refractivity contribution in [3.05, 3.63) is 0 Å². The van der Waals surface area contributed by atoms with Crippen molar-refractivity contribution in [1.82, 2.24) is 15.5 Å². The van der Waals surface area contributed by atoms with Crippen LogP contribution in [0, 0.1) is 11.8 Å². The van der Waals surface area contributed by atoms with Crippen molar-refractivity contribution in [2.75, 3.05) is 39.3 Å². The topological polar surface area (TPSA) is 64.6 Å². The van der Waals surface area contributed by atoms with E-state index in [-0.39, 0.29) is 12.6 Å². The van der Waals surface area contributed by atoms with Crippen LogP contribution in [0.15, 0.2) is 0 Å². The third kappa shape index (κ3) is 7.10. The summed E-state index contributed by atoms with van der Waals surface area (Å²) in [6.45, 7) is 9.35. The van der Waals surface area contributed by atoms with E-state index in [9.17, 15) is 4.79 Å². The number of aliphatic hydroxyl groups is 1. The Hall–Kier alpha value is -0.810. The largest absolute Gasteiger partial charge is 0.396 e. The molecule has 1 unspecified atom stereocenters. The van der Waals surface area contributed by atoms with Gasteiger partial charge >= 0.3 is 6.03 Å². The number of nitrogens with one attached hydrogen (secondary N) is 2. The van der Waals surface area contributed by atoms with E-state index >= 15 is 0 Å². The average molecular weight is 285 g/mol. The molecule has 0 aromatic rings. The number of likely N-dealkylation sites (tertiary alicyclic amines) is 1. The quantitative estimate of drug-likeness (QED) is 0.632. The number of nitrogens with zero attached hydrogens (tertiary/aromatic N) is 1. The van der Waals surface area contributed by atoms with Crippen LogP contribution in [0.4, 0.5) is 4.79 Å². The molecule has 1 atom stereocenters. The summed E-state index contributed by atoms with van der Waals surface area (Å²) in [5.74, 6) is 0.937. The highest BCUT2D eigenvalue weighted by Crippen LogP contribution is 2.16. The third-order valence-corrected chi connectivity index (χ3v) is 4.03. The second-order valence-electron chi connectivity index (χ2n) is 5.99. The number of urea groups is 1. The maximum Gasteiger partial charge on any atom is 0.314 e. The van der Waals surface area contributed by atoms with Gasteiger partial charge in [0.05, 0.1) is 0 Å². The maximum absolute atomic E-state index is 11.7. The van der Waals surface area contributed by atoms with E-state index in [1.54, 1.807) is 0 Å². The molecule has 2 amide bonds. The zero-order chi connectivity index (χ0) is 14.8. The highest BCUT2D eigenvalue weighted by atomic mass is 16.3. The molecule has 0 aromatic carbocycles. The first-order valence-corrected chi connectivity index (χ1v) is 8.00. The molecule has 0 radical (unpaired) electrons. The van der Waals surface area contributed by atoms with Crippen molar-refractivity contribution in [3.63, 3.8) is 0 Å². The molecule has 1 heterocycles. The van der Waals surface area contributed by atoms with Crippen molar-refractivity contribution in [2.24, 2.45) is 11.8 Å². The van der Waals surface area contributed by atoms with Crippen LogP contribution in [0.2, 0.25) is 0 Å². The number of hydrogen-bond acceptors (Lipinski definition) is 3. The van der Waals surface area contributed by atoms with E-state index in [1.807, 2.05) is 6.92 Å². The lowest BCUT2D eigenvalue weighted by atomic mass is 9.97. The van der Waals surface area contributed by atoms with E-state index < -0.39 is 0 Å². The van der Waals surface area contributed by atoms with Crippen molar-refractivity contribution < 1.29 is 9.90 Å². The summed E-state index contributed by atoms with van der Waals surface area (Å²) < 4.78 is 0. The Morgan fingerprint density at radius 2 is 2.05 bits per heavy atom. The zero-order valence-corrected chi connectivity index (χ0v) is 13.0. The number of carbonyl (C=O) groups is 1. The molecule has 20 heavy (non-hydrogen) atoms. The first kappa shape index (κ1) is 17.2. The molecule has 0 aromatic heterocycles. The van der Waals surface area contributed by atoms with Crippen molar-refractivity contribution in [2.45, 2.75) is 39.5 Å². The lowest BCUT2D eigenvalue weighted by Crippen LogP contribution is -2.43. The van der Waals surface area contributed by atoms with Crippen molar-refractivity contribution >= 4 is 6.03 Å². The van der Waals surface area contributed by atoms with Gasteiger partial charge in [0, 0.05) is 19.7 Å². The van der Waals surface area contributed by atoms with Crippen LogP contribution < -0.4 is 10.6 Å². The van der Waals surface area contributed by atoms with Crippen LogP contribution in [0.25, 0.3) is 0 Å². The lowest BCUT2D eigenvalue weighted by molar-refractivity contribution is 0.181. The smallest absolute Gasteiger partial charge is 0.314 e. The minimum Gasteiger partial charge on any atom is -0.396 e. The Morgan fingerprint density at radius 3 is 2.65 bits per heavy atom. The molecule has 0 saturated carbocycles. The second kappa shape index (κ2) is 10.00. The fraction of sp³-hybridized carbons (Fsp3) is 0.933. The van der Waals surface area contributed by atoms with Crippen molar-refractivity contribution in [3.8, 4) is 0 Å². The molecular formula is C15H31N3O2. The van der Waals surface area contributed by atoms with E-state index in [2.05, 4.69) is 22.5 Å². The van der Waals surface area contributed by atoms with E-state index in [0.717, 1.165) is 26.1 Å². The molecule has 5 heteroatoms. The van der Waals surface area contributed by atoms with Crippen LogP contribution in [0.1, 0.15) is 39.5 Å². The van der Waals surface area contributed by atoms with Gasteiger partial charge in [-0.3, -0.25) is 0 Å². The average Bonchev–Trinajstić information content (AvgIpc) is 2.45. The summed E-state index contributed by atoms with van der Waals surface area (Å²) in [4.78, 5) is 14.2.